The van der Waals surface area contributed by atoms with Crippen LogP contribution in [-0.2, 0) is 9.59 Å². The van der Waals surface area contributed by atoms with Gasteiger partial charge in [-0.3, -0.25) is 9.59 Å². The van der Waals surface area contributed by atoms with Gasteiger partial charge in [0, 0.05) is 18.0 Å². The minimum absolute atomic E-state index is 0.00783. The standard InChI is InChI=1S/C14H28N6O2/c1-10(2)12(19-13(21)11(3)15)14(22)17-8-6-4-5-7-9-18-20-16/h10-12H,4-9,15H2,1-3H3,(H,17,22)(H,19,21)/t11-,12-/m1/s1. The van der Waals surface area contributed by atoms with E-state index < -0.39 is 12.1 Å². The van der Waals surface area contributed by atoms with Crippen LogP contribution in [0.4, 0.5) is 0 Å². The maximum absolute atomic E-state index is 12.1. The quantitative estimate of drug-likeness (QED) is 0.231. The Balaban J connectivity index is 3.99. The summed E-state index contributed by atoms with van der Waals surface area (Å²) in [5.74, 6) is -0.517. The minimum Gasteiger partial charge on any atom is -0.354 e. The second-order valence-corrected chi connectivity index (χ2v) is 5.68. The number of nitrogens with two attached hydrogens (primary N) is 1. The fraction of sp³-hybridized carbons (Fsp3) is 0.857. The van der Waals surface area contributed by atoms with Gasteiger partial charge >= 0.3 is 0 Å². The van der Waals surface area contributed by atoms with Gasteiger partial charge in [0.05, 0.1) is 6.04 Å². The summed E-state index contributed by atoms with van der Waals surface area (Å²) in [5.41, 5.74) is 13.6. The second kappa shape index (κ2) is 11.8. The van der Waals surface area contributed by atoms with Gasteiger partial charge in [-0.2, -0.15) is 0 Å². The fourth-order valence-corrected chi connectivity index (χ4v) is 1.85. The van der Waals surface area contributed by atoms with Gasteiger partial charge in [-0.25, -0.2) is 0 Å². The van der Waals surface area contributed by atoms with Gasteiger partial charge in [0.1, 0.15) is 6.04 Å². The maximum Gasteiger partial charge on any atom is 0.242 e. The first-order valence-electron chi connectivity index (χ1n) is 7.74. The van der Waals surface area contributed by atoms with Gasteiger partial charge in [0.15, 0.2) is 0 Å². The monoisotopic (exact) mass is 312 g/mol. The van der Waals surface area contributed by atoms with Crippen molar-refractivity contribution >= 4 is 11.8 Å². The number of hydrogen-bond acceptors (Lipinski definition) is 4. The Morgan fingerprint density at radius 3 is 2.32 bits per heavy atom. The Bertz CT molecular complexity index is 391. The van der Waals surface area contributed by atoms with Crippen molar-refractivity contribution in [2.45, 2.75) is 58.5 Å². The van der Waals surface area contributed by atoms with E-state index in [9.17, 15) is 9.59 Å². The molecule has 22 heavy (non-hydrogen) atoms. The van der Waals surface area contributed by atoms with Crippen molar-refractivity contribution in [2.75, 3.05) is 13.1 Å². The molecule has 0 aliphatic carbocycles. The van der Waals surface area contributed by atoms with Crippen LogP contribution in [0.1, 0.15) is 46.5 Å². The molecule has 0 bridgehead atoms. The van der Waals surface area contributed by atoms with Crippen LogP contribution in [0.3, 0.4) is 0 Å². The molecule has 0 spiro atoms. The topological polar surface area (TPSA) is 133 Å². The third-order valence-electron chi connectivity index (χ3n) is 3.21. The van der Waals surface area contributed by atoms with Gasteiger partial charge in [-0.1, -0.05) is 31.8 Å². The molecule has 4 N–H and O–H groups in total. The summed E-state index contributed by atoms with van der Waals surface area (Å²) in [6.45, 7) is 6.42. The van der Waals surface area contributed by atoms with Gasteiger partial charge in [-0.15, -0.1) is 0 Å². The van der Waals surface area contributed by atoms with Crippen LogP contribution in [0.2, 0.25) is 0 Å². The number of amides is 2. The molecule has 8 nitrogen and oxygen atoms in total. The molecular weight excluding hydrogens is 284 g/mol. The van der Waals surface area contributed by atoms with Crippen LogP contribution < -0.4 is 16.4 Å². The molecule has 0 heterocycles. The molecular formula is C14H28N6O2. The van der Waals surface area contributed by atoms with Crippen molar-refractivity contribution < 1.29 is 9.59 Å². The Morgan fingerprint density at radius 2 is 1.77 bits per heavy atom. The number of carbonyl (C=O) groups excluding carboxylic acids is 2. The summed E-state index contributed by atoms with van der Waals surface area (Å²) in [7, 11) is 0. The third-order valence-corrected chi connectivity index (χ3v) is 3.21. The molecule has 0 rings (SSSR count). The number of carbonyl (C=O) groups is 2. The van der Waals surface area contributed by atoms with Crippen molar-refractivity contribution in [3.63, 3.8) is 0 Å². The summed E-state index contributed by atoms with van der Waals surface area (Å²) >= 11 is 0. The average molecular weight is 312 g/mol. The molecule has 0 aromatic heterocycles. The number of hydrogen-bond donors (Lipinski definition) is 3. The smallest absolute Gasteiger partial charge is 0.242 e. The summed E-state index contributed by atoms with van der Waals surface area (Å²) in [5, 5.41) is 8.97. The first kappa shape index (κ1) is 20.2. The van der Waals surface area contributed by atoms with Crippen LogP contribution in [0.5, 0.6) is 0 Å². The summed E-state index contributed by atoms with van der Waals surface area (Å²) in [6.07, 6.45) is 3.63. The van der Waals surface area contributed by atoms with E-state index in [1.165, 1.54) is 0 Å². The first-order valence-corrected chi connectivity index (χ1v) is 7.74. The Morgan fingerprint density at radius 1 is 1.14 bits per heavy atom. The molecule has 0 saturated carbocycles. The van der Waals surface area contributed by atoms with Crippen LogP contribution in [0.25, 0.3) is 10.4 Å². The second-order valence-electron chi connectivity index (χ2n) is 5.68. The molecule has 126 valence electrons. The van der Waals surface area contributed by atoms with Gasteiger partial charge in [0.25, 0.3) is 0 Å². The fourth-order valence-electron chi connectivity index (χ4n) is 1.85. The molecule has 0 radical (unpaired) electrons. The lowest BCUT2D eigenvalue weighted by Crippen LogP contribution is -2.53. The molecule has 0 aromatic rings. The molecule has 0 aliphatic rings. The largest absolute Gasteiger partial charge is 0.354 e. The molecule has 2 atom stereocenters. The normalized spacial score (nSPS) is 13.1. The zero-order valence-corrected chi connectivity index (χ0v) is 13.7. The number of azide groups is 1. The lowest BCUT2D eigenvalue weighted by Gasteiger charge is -2.22. The van der Waals surface area contributed by atoms with Crippen molar-refractivity contribution in [2.24, 2.45) is 16.8 Å². The Hall–Kier alpha value is -1.79. The van der Waals surface area contributed by atoms with E-state index in [0.717, 1.165) is 25.7 Å². The zero-order chi connectivity index (χ0) is 17.0. The van der Waals surface area contributed by atoms with Gasteiger partial charge < -0.3 is 16.4 Å². The molecule has 0 fully saturated rings. The predicted octanol–water partition coefficient (Wildman–Crippen LogP) is 1.46. The molecule has 0 unspecified atom stereocenters. The average Bonchev–Trinajstić information content (AvgIpc) is 2.46. The highest BCUT2D eigenvalue weighted by Crippen LogP contribution is 2.03. The molecule has 0 aliphatic heterocycles. The van der Waals surface area contributed by atoms with Crippen molar-refractivity contribution in [3.8, 4) is 0 Å². The van der Waals surface area contributed by atoms with Crippen molar-refractivity contribution in [3.05, 3.63) is 10.4 Å². The SMILES string of the molecule is CC(C)[C@@H](NC(=O)[C@@H](C)N)C(=O)NCCCCCCN=[N+]=[N-]. The lowest BCUT2D eigenvalue weighted by molar-refractivity contribution is -0.130. The highest BCUT2D eigenvalue weighted by Gasteiger charge is 2.24. The van der Waals surface area contributed by atoms with Crippen LogP contribution >= 0.6 is 0 Å². The first-order chi connectivity index (χ1) is 10.4. The van der Waals surface area contributed by atoms with Crippen molar-refractivity contribution in [1.29, 1.82) is 0 Å². The van der Waals surface area contributed by atoms with E-state index in [0.29, 0.717) is 13.1 Å². The van der Waals surface area contributed by atoms with Crippen LogP contribution in [0, 0.1) is 5.92 Å². The highest BCUT2D eigenvalue weighted by atomic mass is 16.2. The van der Waals surface area contributed by atoms with E-state index in [-0.39, 0.29) is 17.7 Å². The number of nitrogens with zero attached hydrogens (tertiary/aromatic N) is 3. The summed E-state index contributed by atoms with van der Waals surface area (Å²) < 4.78 is 0. The minimum atomic E-state index is -0.634. The molecule has 0 saturated heterocycles. The van der Waals surface area contributed by atoms with E-state index in [1.54, 1.807) is 6.92 Å². The summed E-state index contributed by atoms with van der Waals surface area (Å²) in [4.78, 5) is 26.4. The van der Waals surface area contributed by atoms with E-state index in [1.807, 2.05) is 13.8 Å². The predicted molar refractivity (Wildman–Crippen MR) is 85.9 cm³/mol. The number of rotatable bonds is 11. The number of nitrogens with one attached hydrogen (secondary N) is 2. The van der Waals surface area contributed by atoms with Crippen molar-refractivity contribution in [1.82, 2.24) is 10.6 Å². The molecule has 8 heteroatoms. The highest BCUT2D eigenvalue weighted by molar-refractivity contribution is 5.89. The number of unbranched alkanes of at least 4 members (excludes halogenated alkanes) is 3. The lowest BCUT2D eigenvalue weighted by atomic mass is 10.0. The molecule has 0 aromatic carbocycles. The molecule has 2 amide bonds. The summed E-state index contributed by atoms with van der Waals surface area (Å²) in [6, 6.07) is -1.20. The van der Waals surface area contributed by atoms with Gasteiger partial charge in [0.2, 0.25) is 11.8 Å². The Kier molecular flexibility index (Phi) is 10.9. The zero-order valence-electron chi connectivity index (χ0n) is 13.7. The maximum atomic E-state index is 12.1. The van der Waals surface area contributed by atoms with Crippen LogP contribution in [-0.4, -0.2) is 37.0 Å². The van der Waals surface area contributed by atoms with E-state index in [4.69, 9.17) is 11.3 Å². The van der Waals surface area contributed by atoms with Crippen LogP contribution in [0.15, 0.2) is 5.11 Å². The van der Waals surface area contributed by atoms with E-state index >= 15 is 0 Å². The van der Waals surface area contributed by atoms with E-state index in [2.05, 4.69) is 20.7 Å². The van der Waals surface area contributed by atoms with Gasteiger partial charge in [-0.05, 0) is 31.2 Å². The Labute approximate surface area is 131 Å². The third kappa shape index (κ3) is 9.20.